The smallest absolute Gasteiger partial charge is 0.264 e. The molecule has 0 bridgehead atoms. The maximum absolute atomic E-state index is 13.4. The van der Waals surface area contributed by atoms with Crippen LogP contribution in [0.15, 0.2) is 77.7 Å². The highest BCUT2D eigenvalue weighted by atomic mass is 16.5. The van der Waals surface area contributed by atoms with Crippen molar-refractivity contribution in [3.05, 3.63) is 83.3 Å². The van der Waals surface area contributed by atoms with Gasteiger partial charge < -0.3 is 9.47 Å². The minimum Gasteiger partial charge on any atom is -0.493 e. The van der Waals surface area contributed by atoms with Gasteiger partial charge in [-0.2, -0.15) is 0 Å². The van der Waals surface area contributed by atoms with Gasteiger partial charge in [0.05, 0.1) is 25.3 Å². The zero-order valence-electron chi connectivity index (χ0n) is 15.0. The lowest BCUT2D eigenvalue weighted by atomic mass is 10.1. The number of ether oxygens (including phenoxy) is 2. The molecule has 0 radical (unpaired) electrons. The summed E-state index contributed by atoms with van der Waals surface area (Å²) >= 11 is 0. The number of methoxy groups -OCH3 is 2. The maximum Gasteiger partial charge on any atom is 0.264 e. The van der Waals surface area contributed by atoms with Gasteiger partial charge >= 0.3 is 0 Å². The molecule has 27 heavy (non-hydrogen) atoms. The van der Waals surface area contributed by atoms with Gasteiger partial charge in [-0.3, -0.25) is 9.36 Å². The Bertz CT molecular complexity index is 1150. The van der Waals surface area contributed by atoms with Crippen molar-refractivity contribution >= 4 is 10.8 Å². The fourth-order valence-corrected chi connectivity index (χ4v) is 3.18. The summed E-state index contributed by atoms with van der Waals surface area (Å²) in [5.41, 5.74) is 1.53. The molecule has 0 amide bonds. The number of benzene rings is 2. The summed E-state index contributed by atoms with van der Waals surface area (Å²) in [6.45, 7) is 0. The van der Waals surface area contributed by atoms with Crippen molar-refractivity contribution < 1.29 is 9.47 Å². The van der Waals surface area contributed by atoms with Crippen LogP contribution < -0.4 is 15.0 Å². The van der Waals surface area contributed by atoms with Gasteiger partial charge in [0.15, 0.2) is 11.5 Å². The summed E-state index contributed by atoms with van der Waals surface area (Å²) in [4.78, 5) is 17.8. The molecule has 0 spiro atoms. The third-order valence-corrected chi connectivity index (χ3v) is 4.47. The molecule has 0 atom stereocenters. The second kappa shape index (κ2) is 6.96. The van der Waals surface area contributed by atoms with Crippen LogP contribution in [0.25, 0.3) is 27.8 Å². The van der Waals surface area contributed by atoms with Crippen molar-refractivity contribution in [3.8, 4) is 28.6 Å². The number of hydrogen-bond acceptors (Lipinski definition) is 4. The van der Waals surface area contributed by atoms with Crippen LogP contribution in [-0.4, -0.2) is 23.8 Å². The highest BCUT2D eigenvalue weighted by Gasteiger charge is 2.16. The average molecular weight is 358 g/mol. The second-order valence-corrected chi connectivity index (χ2v) is 6.02. The second-order valence-electron chi connectivity index (χ2n) is 6.02. The Kier molecular flexibility index (Phi) is 4.34. The molecule has 4 aromatic rings. The highest BCUT2D eigenvalue weighted by Crippen LogP contribution is 2.33. The number of nitrogens with zero attached hydrogens (tertiary/aromatic N) is 2. The predicted octanol–water partition coefficient (Wildman–Crippen LogP) is 4.07. The van der Waals surface area contributed by atoms with Crippen LogP contribution in [0.3, 0.4) is 0 Å². The van der Waals surface area contributed by atoms with Crippen molar-refractivity contribution in [2.24, 2.45) is 0 Å². The summed E-state index contributed by atoms with van der Waals surface area (Å²) in [6, 6.07) is 20.8. The highest BCUT2D eigenvalue weighted by molar-refractivity contribution is 5.89. The van der Waals surface area contributed by atoms with Crippen LogP contribution in [-0.2, 0) is 0 Å². The molecule has 0 saturated carbocycles. The van der Waals surface area contributed by atoms with Crippen molar-refractivity contribution in [1.29, 1.82) is 0 Å². The molecule has 5 nitrogen and oxygen atoms in total. The minimum atomic E-state index is -0.161. The third-order valence-electron chi connectivity index (χ3n) is 4.47. The number of rotatable bonds is 4. The molecule has 0 unspecified atom stereocenters. The zero-order valence-corrected chi connectivity index (χ0v) is 15.0. The molecule has 134 valence electrons. The van der Waals surface area contributed by atoms with Crippen molar-refractivity contribution in [1.82, 2.24) is 9.55 Å². The molecule has 2 heterocycles. The van der Waals surface area contributed by atoms with E-state index in [-0.39, 0.29) is 5.56 Å². The topological polar surface area (TPSA) is 53.4 Å². The number of aromatic nitrogens is 2. The lowest BCUT2D eigenvalue weighted by Gasteiger charge is -2.15. The molecule has 2 aromatic heterocycles. The molecule has 0 N–H and O–H groups in total. The molecule has 0 aliphatic rings. The Morgan fingerprint density at radius 1 is 0.852 bits per heavy atom. The molecule has 4 rings (SSSR count). The number of fused-ring (bicyclic) bond motifs is 1. The van der Waals surface area contributed by atoms with Crippen LogP contribution >= 0.6 is 0 Å². The lowest BCUT2D eigenvalue weighted by Crippen LogP contribution is -2.21. The first-order valence-electron chi connectivity index (χ1n) is 8.51. The van der Waals surface area contributed by atoms with Gasteiger partial charge in [0.25, 0.3) is 5.56 Å². The van der Waals surface area contributed by atoms with Crippen molar-refractivity contribution in [2.45, 2.75) is 0 Å². The Balaban J connectivity index is 2.12. The molecule has 2 aromatic carbocycles. The number of pyridine rings is 2. The van der Waals surface area contributed by atoms with Gasteiger partial charge in [-0.25, -0.2) is 4.98 Å². The lowest BCUT2D eigenvalue weighted by molar-refractivity contribution is 0.356. The van der Waals surface area contributed by atoms with Gasteiger partial charge in [-0.1, -0.05) is 36.4 Å². The molecule has 0 saturated heterocycles. The predicted molar refractivity (Wildman–Crippen MR) is 106 cm³/mol. The normalized spacial score (nSPS) is 10.7. The third kappa shape index (κ3) is 2.93. The molecule has 5 heteroatoms. The Morgan fingerprint density at radius 2 is 1.56 bits per heavy atom. The van der Waals surface area contributed by atoms with E-state index in [0.717, 1.165) is 16.6 Å². The van der Waals surface area contributed by atoms with E-state index >= 15 is 0 Å². The monoisotopic (exact) mass is 358 g/mol. The summed E-state index contributed by atoms with van der Waals surface area (Å²) in [7, 11) is 3.14. The van der Waals surface area contributed by atoms with Crippen molar-refractivity contribution in [3.63, 3.8) is 0 Å². The van der Waals surface area contributed by atoms with Gasteiger partial charge in [0.2, 0.25) is 0 Å². The van der Waals surface area contributed by atoms with Gasteiger partial charge in [0.1, 0.15) is 5.82 Å². The van der Waals surface area contributed by atoms with Crippen LogP contribution in [0.5, 0.6) is 11.5 Å². The summed E-state index contributed by atoms with van der Waals surface area (Å²) < 4.78 is 12.4. The Hall–Kier alpha value is -3.60. The first kappa shape index (κ1) is 16.8. The van der Waals surface area contributed by atoms with Crippen LogP contribution in [0.4, 0.5) is 0 Å². The SMILES string of the molecule is COc1cc2cc(-c3ccccc3)n(-c3ccccn3)c(=O)c2cc1OC. The van der Waals surface area contributed by atoms with Gasteiger partial charge in [-0.15, -0.1) is 0 Å². The van der Waals surface area contributed by atoms with Gasteiger partial charge in [-0.05, 0) is 41.3 Å². The van der Waals surface area contributed by atoms with E-state index in [9.17, 15) is 4.79 Å². The molecular formula is C22H18N2O3. The first-order valence-corrected chi connectivity index (χ1v) is 8.51. The Morgan fingerprint density at radius 3 is 2.22 bits per heavy atom. The molecule has 0 aliphatic carbocycles. The van der Waals surface area contributed by atoms with Crippen LogP contribution in [0.2, 0.25) is 0 Å². The number of hydrogen-bond donors (Lipinski definition) is 0. The quantitative estimate of drug-likeness (QED) is 0.552. The minimum absolute atomic E-state index is 0.161. The standard InChI is InChI=1S/C22H18N2O3/c1-26-19-13-16-12-18(15-8-4-3-5-9-15)24(21-10-6-7-11-23-21)22(25)17(16)14-20(19)27-2/h3-14H,1-2H3. The summed E-state index contributed by atoms with van der Waals surface area (Å²) in [6.07, 6.45) is 1.68. The fourth-order valence-electron chi connectivity index (χ4n) is 3.18. The van der Waals surface area contributed by atoms with E-state index in [1.54, 1.807) is 31.0 Å². The van der Waals surface area contributed by atoms with Crippen LogP contribution in [0.1, 0.15) is 0 Å². The zero-order chi connectivity index (χ0) is 18.8. The van der Waals surface area contributed by atoms with Gasteiger partial charge in [0, 0.05) is 6.20 Å². The molecular weight excluding hydrogens is 340 g/mol. The molecule has 0 fully saturated rings. The van der Waals surface area contributed by atoms with E-state index in [1.165, 1.54) is 0 Å². The first-order chi connectivity index (χ1) is 13.2. The molecule has 0 aliphatic heterocycles. The van der Waals surface area contributed by atoms with E-state index in [0.29, 0.717) is 22.7 Å². The Labute approximate surface area is 156 Å². The van der Waals surface area contributed by atoms with E-state index in [1.807, 2.05) is 60.7 Å². The van der Waals surface area contributed by atoms with Crippen molar-refractivity contribution in [2.75, 3.05) is 14.2 Å². The summed E-state index contributed by atoms with van der Waals surface area (Å²) in [5, 5.41) is 1.32. The largest absolute Gasteiger partial charge is 0.493 e. The summed E-state index contributed by atoms with van der Waals surface area (Å²) in [5.74, 6) is 1.67. The van der Waals surface area contributed by atoms with Crippen LogP contribution in [0, 0.1) is 0 Å². The van der Waals surface area contributed by atoms with E-state index in [4.69, 9.17) is 9.47 Å². The van der Waals surface area contributed by atoms with E-state index in [2.05, 4.69) is 4.98 Å². The maximum atomic E-state index is 13.4. The van der Waals surface area contributed by atoms with E-state index < -0.39 is 0 Å². The average Bonchev–Trinajstić information content (AvgIpc) is 2.74. The fraction of sp³-hybridized carbons (Fsp3) is 0.0909.